The van der Waals surface area contributed by atoms with Crippen LogP contribution in [0.5, 0.6) is 0 Å². The van der Waals surface area contributed by atoms with Gasteiger partial charge in [0.25, 0.3) is 5.91 Å². The summed E-state index contributed by atoms with van der Waals surface area (Å²) in [4.78, 5) is 28.1. The van der Waals surface area contributed by atoms with Gasteiger partial charge in [0.05, 0.1) is 18.0 Å². The molecule has 2 amide bonds. The second kappa shape index (κ2) is 8.58. The normalized spacial score (nSPS) is 17.3. The van der Waals surface area contributed by atoms with Gasteiger partial charge in [0.2, 0.25) is 5.91 Å². The van der Waals surface area contributed by atoms with Gasteiger partial charge in [-0.15, -0.1) is 11.8 Å². The van der Waals surface area contributed by atoms with E-state index >= 15 is 0 Å². The quantitative estimate of drug-likeness (QED) is 0.762. The van der Waals surface area contributed by atoms with Crippen molar-refractivity contribution in [1.82, 2.24) is 5.32 Å². The van der Waals surface area contributed by atoms with Crippen molar-refractivity contribution in [3.05, 3.63) is 58.6 Å². The molecule has 4 nitrogen and oxygen atoms in total. The Kier molecular flexibility index (Phi) is 5.93. The molecule has 0 radical (unpaired) electrons. The van der Waals surface area contributed by atoms with Gasteiger partial charge >= 0.3 is 0 Å². The number of nitrogens with one attached hydrogen (secondary N) is 1. The van der Waals surface area contributed by atoms with Gasteiger partial charge in [0, 0.05) is 21.5 Å². The van der Waals surface area contributed by atoms with E-state index in [9.17, 15) is 9.59 Å². The Morgan fingerprint density at radius 1 is 1.14 bits per heavy atom. The van der Waals surface area contributed by atoms with Crippen LogP contribution in [-0.2, 0) is 11.3 Å². The van der Waals surface area contributed by atoms with Crippen LogP contribution >= 0.6 is 23.4 Å². The monoisotopic (exact) mass is 414 g/mol. The Hall–Kier alpha value is -1.98. The first-order chi connectivity index (χ1) is 13.6. The highest BCUT2D eigenvalue weighted by molar-refractivity contribution is 8.00. The summed E-state index contributed by atoms with van der Waals surface area (Å²) in [5.41, 5.74) is 2.38. The van der Waals surface area contributed by atoms with Crippen molar-refractivity contribution in [3.63, 3.8) is 0 Å². The molecular weight excluding hydrogens is 392 g/mol. The number of anilines is 1. The van der Waals surface area contributed by atoms with Gasteiger partial charge < -0.3 is 10.2 Å². The number of hydrogen-bond donors (Lipinski definition) is 1. The second-order valence-electron chi connectivity index (χ2n) is 7.39. The summed E-state index contributed by atoms with van der Waals surface area (Å²) in [7, 11) is 0. The van der Waals surface area contributed by atoms with Gasteiger partial charge in [-0.2, -0.15) is 0 Å². The van der Waals surface area contributed by atoms with Crippen molar-refractivity contribution in [1.29, 1.82) is 0 Å². The van der Waals surface area contributed by atoms with E-state index in [1.54, 1.807) is 4.90 Å². The van der Waals surface area contributed by atoms with Crippen molar-refractivity contribution in [2.75, 3.05) is 10.7 Å². The molecular formula is C22H23ClN2O2S. The maximum Gasteiger partial charge on any atom is 0.251 e. The van der Waals surface area contributed by atoms with E-state index < -0.39 is 0 Å². The van der Waals surface area contributed by atoms with Crippen LogP contribution in [0, 0.1) is 0 Å². The summed E-state index contributed by atoms with van der Waals surface area (Å²) < 4.78 is 0. The van der Waals surface area contributed by atoms with Crippen LogP contribution in [0.3, 0.4) is 0 Å². The average molecular weight is 415 g/mol. The van der Waals surface area contributed by atoms with E-state index in [-0.39, 0.29) is 17.9 Å². The summed E-state index contributed by atoms with van der Waals surface area (Å²) in [5.74, 6) is 0.393. The summed E-state index contributed by atoms with van der Waals surface area (Å²) in [6.45, 7) is 0.445. The van der Waals surface area contributed by atoms with Crippen LogP contribution in [-0.4, -0.2) is 23.6 Å². The third-order valence-corrected chi connectivity index (χ3v) is 6.62. The molecule has 0 aromatic heterocycles. The minimum absolute atomic E-state index is 0.0438. The number of carbonyl (C=O) groups is 2. The molecule has 2 aromatic carbocycles. The average Bonchev–Trinajstić information content (AvgIpc) is 2.70. The van der Waals surface area contributed by atoms with Crippen molar-refractivity contribution in [2.45, 2.75) is 49.6 Å². The first kappa shape index (κ1) is 19.3. The molecule has 1 saturated carbocycles. The summed E-state index contributed by atoms with van der Waals surface area (Å²) >= 11 is 7.62. The predicted octanol–water partition coefficient (Wildman–Crippen LogP) is 5.04. The molecule has 1 aliphatic heterocycles. The van der Waals surface area contributed by atoms with Gasteiger partial charge in [-0.3, -0.25) is 9.59 Å². The number of carbonyl (C=O) groups excluding carboxylic acids is 2. The molecule has 1 heterocycles. The Labute approximate surface area is 174 Å². The highest BCUT2D eigenvalue weighted by Gasteiger charge is 2.26. The molecule has 28 heavy (non-hydrogen) atoms. The third kappa shape index (κ3) is 4.36. The maximum atomic E-state index is 12.8. The zero-order valence-electron chi connectivity index (χ0n) is 15.6. The molecule has 146 valence electrons. The number of benzene rings is 2. The lowest BCUT2D eigenvalue weighted by Crippen LogP contribution is -2.37. The van der Waals surface area contributed by atoms with Crippen molar-refractivity contribution >= 4 is 40.9 Å². The molecule has 2 aliphatic rings. The molecule has 1 aliphatic carbocycles. The van der Waals surface area contributed by atoms with Crippen LogP contribution in [0.4, 0.5) is 5.69 Å². The number of nitrogens with zero attached hydrogens (tertiary/aromatic N) is 1. The number of rotatable bonds is 4. The Balaban J connectivity index is 1.57. The number of hydrogen-bond acceptors (Lipinski definition) is 3. The van der Waals surface area contributed by atoms with Crippen molar-refractivity contribution in [2.24, 2.45) is 0 Å². The van der Waals surface area contributed by atoms with E-state index in [2.05, 4.69) is 5.32 Å². The third-order valence-electron chi connectivity index (χ3n) is 5.33. The molecule has 4 rings (SSSR count). The molecule has 0 bridgehead atoms. The molecule has 0 unspecified atom stereocenters. The lowest BCUT2D eigenvalue weighted by molar-refractivity contribution is -0.116. The van der Waals surface area contributed by atoms with Crippen LogP contribution in [0.1, 0.15) is 48.0 Å². The number of halogens is 1. The van der Waals surface area contributed by atoms with Crippen LogP contribution in [0.2, 0.25) is 5.02 Å². The van der Waals surface area contributed by atoms with Crippen molar-refractivity contribution < 1.29 is 9.59 Å². The smallest absolute Gasteiger partial charge is 0.251 e. The van der Waals surface area contributed by atoms with Crippen LogP contribution < -0.4 is 10.2 Å². The molecule has 0 spiro atoms. The summed E-state index contributed by atoms with van der Waals surface area (Å²) in [5, 5.41) is 3.81. The first-order valence-electron chi connectivity index (χ1n) is 9.73. The highest BCUT2D eigenvalue weighted by Crippen LogP contribution is 2.37. The predicted molar refractivity (Wildman–Crippen MR) is 114 cm³/mol. The topological polar surface area (TPSA) is 49.4 Å². The Morgan fingerprint density at radius 3 is 2.75 bits per heavy atom. The fraction of sp³-hybridized carbons (Fsp3) is 0.364. The fourth-order valence-electron chi connectivity index (χ4n) is 3.85. The first-order valence-corrected chi connectivity index (χ1v) is 11.1. The highest BCUT2D eigenvalue weighted by atomic mass is 35.5. The van der Waals surface area contributed by atoms with Gasteiger partial charge in [-0.1, -0.05) is 43.0 Å². The fourth-order valence-corrected chi connectivity index (χ4v) is 4.98. The van der Waals surface area contributed by atoms with Gasteiger partial charge in [-0.25, -0.2) is 0 Å². The molecule has 1 fully saturated rings. The zero-order chi connectivity index (χ0) is 19.5. The van der Waals surface area contributed by atoms with E-state index in [0.29, 0.717) is 22.9 Å². The zero-order valence-corrected chi connectivity index (χ0v) is 17.2. The minimum Gasteiger partial charge on any atom is -0.349 e. The van der Waals surface area contributed by atoms with Gasteiger partial charge in [0.1, 0.15) is 0 Å². The van der Waals surface area contributed by atoms with Crippen LogP contribution in [0.15, 0.2) is 47.4 Å². The number of fused-ring (bicyclic) bond motifs is 1. The van der Waals surface area contributed by atoms with Gasteiger partial charge in [-0.05, 0) is 48.7 Å². The SMILES string of the molecule is O=C(NC1CCCCC1)c1ccc2c(c1)N(Cc1cccc(Cl)c1)C(=O)CS2. The molecule has 0 atom stereocenters. The van der Waals surface area contributed by atoms with E-state index in [4.69, 9.17) is 11.6 Å². The van der Waals surface area contributed by atoms with E-state index in [0.717, 1.165) is 29.0 Å². The Bertz CT molecular complexity index is 896. The number of amides is 2. The summed E-state index contributed by atoms with van der Waals surface area (Å²) in [6.07, 6.45) is 5.70. The second-order valence-corrected chi connectivity index (χ2v) is 8.84. The van der Waals surface area contributed by atoms with E-state index in [1.807, 2.05) is 42.5 Å². The molecule has 2 aromatic rings. The largest absolute Gasteiger partial charge is 0.349 e. The molecule has 0 saturated heterocycles. The standard InChI is InChI=1S/C22H23ClN2O2S/c23-17-6-4-5-15(11-17)13-25-19-12-16(9-10-20(19)28-14-21(25)26)22(27)24-18-7-2-1-3-8-18/h4-6,9-12,18H,1-3,7-8,13-14H2,(H,24,27). The van der Waals surface area contributed by atoms with Gasteiger partial charge in [0.15, 0.2) is 0 Å². The van der Waals surface area contributed by atoms with Crippen LogP contribution in [0.25, 0.3) is 0 Å². The summed E-state index contributed by atoms with van der Waals surface area (Å²) in [6, 6.07) is 13.5. The maximum absolute atomic E-state index is 12.8. The molecule has 6 heteroatoms. The van der Waals surface area contributed by atoms with Crippen molar-refractivity contribution in [3.8, 4) is 0 Å². The number of thioether (sulfide) groups is 1. The lowest BCUT2D eigenvalue weighted by atomic mass is 9.95. The molecule has 1 N–H and O–H groups in total. The lowest BCUT2D eigenvalue weighted by Gasteiger charge is -2.30. The van der Waals surface area contributed by atoms with E-state index in [1.165, 1.54) is 31.0 Å². The minimum atomic E-state index is -0.0552. The Morgan fingerprint density at radius 2 is 1.96 bits per heavy atom.